The first-order valence-corrected chi connectivity index (χ1v) is 6.58. The second-order valence-electron chi connectivity index (χ2n) is 4.66. The van der Waals surface area contributed by atoms with Crippen molar-refractivity contribution >= 4 is 5.91 Å². The van der Waals surface area contributed by atoms with E-state index in [0.29, 0.717) is 12.1 Å². The summed E-state index contributed by atoms with van der Waals surface area (Å²) < 4.78 is 0. The number of nitrogens with two attached hydrogens (primary N) is 1. The quantitative estimate of drug-likeness (QED) is 0.845. The summed E-state index contributed by atoms with van der Waals surface area (Å²) in [6.07, 6.45) is 0.938. The van der Waals surface area contributed by atoms with E-state index in [1.165, 1.54) is 0 Å². The van der Waals surface area contributed by atoms with Crippen LogP contribution in [0.2, 0.25) is 0 Å². The van der Waals surface area contributed by atoms with E-state index in [1.54, 1.807) is 4.90 Å². The Morgan fingerprint density at radius 2 is 2.16 bits per heavy atom. The Morgan fingerprint density at radius 3 is 2.74 bits per heavy atom. The Balaban J connectivity index is 3.11. The normalized spacial score (nSPS) is 11.4. The first kappa shape index (κ1) is 15.3. The molecular weight excluding hydrogens is 236 g/mol. The zero-order valence-electron chi connectivity index (χ0n) is 12.2. The summed E-state index contributed by atoms with van der Waals surface area (Å²) in [7, 11) is 1.84. The smallest absolute Gasteiger partial charge is 0.254 e. The van der Waals surface area contributed by atoms with E-state index in [1.807, 2.05) is 39.1 Å². The number of hydrogen-bond acceptors (Lipinski definition) is 2. The maximum absolute atomic E-state index is 12.4. The molecule has 0 fully saturated rings. The summed E-state index contributed by atoms with van der Waals surface area (Å²) in [6, 6.07) is 5.86. The average molecular weight is 258 g/mol. The van der Waals surface area contributed by atoms with Crippen molar-refractivity contribution < 1.29 is 4.79 Å². The third-order valence-corrected chi connectivity index (χ3v) is 3.46. The van der Waals surface area contributed by atoms with Crippen LogP contribution >= 0.6 is 0 Å². The largest absolute Gasteiger partial charge is 0.339 e. The number of nitrogens with zero attached hydrogens (tertiary/aromatic N) is 1. The van der Waals surface area contributed by atoms with Gasteiger partial charge < -0.3 is 10.6 Å². The zero-order valence-corrected chi connectivity index (χ0v) is 12.2. The Kier molecular flexibility index (Phi) is 5.59. The van der Waals surface area contributed by atoms with Crippen molar-refractivity contribution in [3.63, 3.8) is 0 Å². The Labute approximate surface area is 115 Å². The molecule has 0 aliphatic rings. The molecule has 0 saturated carbocycles. The molecule has 0 saturated heterocycles. The van der Waals surface area contributed by atoms with E-state index in [-0.39, 0.29) is 11.9 Å². The molecule has 1 unspecified atom stereocenters. The number of carbonyl (C=O) groups excluding carboxylic acids is 1. The van der Waals surface area contributed by atoms with Crippen molar-refractivity contribution in [3.8, 4) is 11.8 Å². The van der Waals surface area contributed by atoms with Crippen LogP contribution in [0.25, 0.3) is 0 Å². The van der Waals surface area contributed by atoms with Gasteiger partial charge in [0.2, 0.25) is 0 Å². The monoisotopic (exact) mass is 258 g/mol. The van der Waals surface area contributed by atoms with Gasteiger partial charge in [0, 0.05) is 24.2 Å². The van der Waals surface area contributed by atoms with Crippen LogP contribution in [0.1, 0.15) is 41.8 Å². The second-order valence-corrected chi connectivity index (χ2v) is 4.66. The SMILES string of the molecule is CCC(C)N(C)C(=O)c1cccc(C#CCN)c1C. The van der Waals surface area contributed by atoms with E-state index >= 15 is 0 Å². The van der Waals surface area contributed by atoms with Gasteiger partial charge in [0.25, 0.3) is 5.91 Å². The Morgan fingerprint density at radius 1 is 1.47 bits per heavy atom. The summed E-state index contributed by atoms with van der Waals surface area (Å²) in [6.45, 7) is 6.37. The van der Waals surface area contributed by atoms with E-state index < -0.39 is 0 Å². The van der Waals surface area contributed by atoms with E-state index in [4.69, 9.17) is 5.73 Å². The predicted molar refractivity (Wildman–Crippen MR) is 79.0 cm³/mol. The van der Waals surface area contributed by atoms with Crippen LogP contribution in [0, 0.1) is 18.8 Å². The first-order chi connectivity index (χ1) is 9.02. The highest BCUT2D eigenvalue weighted by Gasteiger charge is 2.18. The molecule has 1 atom stereocenters. The van der Waals surface area contributed by atoms with Crippen LogP contribution in [0.15, 0.2) is 18.2 Å². The summed E-state index contributed by atoms with van der Waals surface area (Å²) >= 11 is 0. The highest BCUT2D eigenvalue weighted by Crippen LogP contribution is 2.16. The van der Waals surface area contributed by atoms with Gasteiger partial charge in [-0.1, -0.05) is 24.8 Å². The third-order valence-electron chi connectivity index (χ3n) is 3.46. The first-order valence-electron chi connectivity index (χ1n) is 6.58. The molecule has 0 heterocycles. The van der Waals surface area contributed by atoms with Crippen molar-refractivity contribution in [1.29, 1.82) is 0 Å². The molecule has 0 aliphatic heterocycles. The number of hydrogen-bond donors (Lipinski definition) is 1. The van der Waals surface area contributed by atoms with Crippen LogP contribution in [0.5, 0.6) is 0 Å². The van der Waals surface area contributed by atoms with E-state index in [9.17, 15) is 4.79 Å². The topological polar surface area (TPSA) is 46.3 Å². The molecule has 1 rings (SSSR count). The standard InChI is InChI=1S/C16H22N2O/c1-5-12(2)18(4)16(19)15-10-6-8-14(13(15)3)9-7-11-17/h6,8,10,12H,5,11,17H2,1-4H3. The number of benzene rings is 1. The van der Waals surface area contributed by atoms with E-state index in [2.05, 4.69) is 18.8 Å². The molecule has 19 heavy (non-hydrogen) atoms. The minimum absolute atomic E-state index is 0.0447. The lowest BCUT2D eigenvalue weighted by molar-refractivity contribution is 0.0740. The lowest BCUT2D eigenvalue weighted by Gasteiger charge is -2.24. The predicted octanol–water partition coefficient (Wildman–Crippen LogP) is 2.18. The van der Waals surface area contributed by atoms with Gasteiger partial charge in [0.1, 0.15) is 0 Å². The van der Waals surface area contributed by atoms with Gasteiger partial charge in [-0.05, 0) is 38.0 Å². The van der Waals surface area contributed by atoms with Crippen molar-refractivity contribution in [2.75, 3.05) is 13.6 Å². The summed E-state index contributed by atoms with van der Waals surface area (Å²) in [4.78, 5) is 14.2. The number of rotatable bonds is 3. The number of amides is 1. The van der Waals surface area contributed by atoms with Crippen molar-refractivity contribution in [3.05, 3.63) is 34.9 Å². The second kappa shape index (κ2) is 6.96. The fraction of sp³-hybridized carbons (Fsp3) is 0.438. The molecule has 3 heteroatoms. The van der Waals surface area contributed by atoms with Crippen molar-refractivity contribution in [1.82, 2.24) is 4.90 Å². The lowest BCUT2D eigenvalue weighted by atomic mass is 10.0. The van der Waals surface area contributed by atoms with Crippen molar-refractivity contribution in [2.45, 2.75) is 33.2 Å². The molecule has 1 aromatic carbocycles. The number of carbonyl (C=O) groups is 1. The maximum Gasteiger partial charge on any atom is 0.254 e. The Hall–Kier alpha value is -1.79. The van der Waals surface area contributed by atoms with Crippen LogP contribution in [-0.2, 0) is 0 Å². The third kappa shape index (κ3) is 3.59. The fourth-order valence-corrected chi connectivity index (χ4v) is 1.81. The highest BCUT2D eigenvalue weighted by atomic mass is 16.2. The molecule has 102 valence electrons. The lowest BCUT2D eigenvalue weighted by Crippen LogP contribution is -2.35. The maximum atomic E-state index is 12.4. The highest BCUT2D eigenvalue weighted by molar-refractivity contribution is 5.96. The summed E-state index contributed by atoms with van der Waals surface area (Å²) in [5.74, 6) is 5.88. The van der Waals surface area contributed by atoms with E-state index in [0.717, 1.165) is 17.5 Å². The molecule has 0 aromatic heterocycles. The molecule has 2 N–H and O–H groups in total. The minimum atomic E-state index is 0.0447. The van der Waals surface area contributed by atoms with Gasteiger partial charge in [-0.2, -0.15) is 0 Å². The average Bonchev–Trinajstić information content (AvgIpc) is 2.43. The van der Waals surface area contributed by atoms with Gasteiger partial charge in [-0.25, -0.2) is 0 Å². The molecule has 3 nitrogen and oxygen atoms in total. The van der Waals surface area contributed by atoms with Crippen LogP contribution < -0.4 is 5.73 Å². The molecule has 0 bridgehead atoms. The summed E-state index contributed by atoms with van der Waals surface area (Å²) in [5.41, 5.74) is 7.89. The van der Waals surface area contributed by atoms with Gasteiger partial charge in [-0.3, -0.25) is 4.79 Å². The molecule has 0 aliphatic carbocycles. The fourth-order valence-electron chi connectivity index (χ4n) is 1.81. The molecule has 1 aromatic rings. The van der Waals surface area contributed by atoms with Crippen LogP contribution in [-0.4, -0.2) is 30.4 Å². The Bertz CT molecular complexity index is 511. The molecule has 0 spiro atoms. The molecular formula is C16H22N2O. The van der Waals surface area contributed by atoms with Gasteiger partial charge in [0.15, 0.2) is 0 Å². The minimum Gasteiger partial charge on any atom is -0.339 e. The zero-order chi connectivity index (χ0) is 14.4. The summed E-state index contributed by atoms with van der Waals surface area (Å²) in [5, 5.41) is 0. The van der Waals surface area contributed by atoms with Crippen LogP contribution in [0.4, 0.5) is 0 Å². The molecule has 0 radical (unpaired) electrons. The van der Waals surface area contributed by atoms with Gasteiger partial charge in [-0.15, -0.1) is 0 Å². The van der Waals surface area contributed by atoms with Crippen LogP contribution in [0.3, 0.4) is 0 Å². The van der Waals surface area contributed by atoms with Crippen molar-refractivity contribution in [2.24, 2.45) is 5.73 Å². The molecule has 1 amide bonds. The van der Waals surface area contributed by atoms with Gasteiger partial charge in [0.05, 0.1) is 6.54 Å². The van der Waals surface area contributed by atoms with Gasteiger partial charge >= 0.3 is 0 Å².